The molecule has 0 unspecified atom stereocenters. The van der Waals surface area contributed by atoms with Crippen molar-refractivity contribution < 1.29 is 9.36 Å². The Morgan fingerprint density at radius 1 is 1.24 bits per heavy atom. The summed E-state index contributed by atoms with van der Waals surface area (Å²) in [6.45, 7) is 4.50. The first-order chi connectivity index (χ1) is 10.1. The number of amides is 1. The summed E-state index contributed by atoms with van der Waals surface area (Å²) in [6, 6.07) is 9.94. The highest BCUT2D eigenvalue weighted by atomic mass is 79.9. The smallest absolute Gasteiger partial charge is 0.290 e. The zero-order valence-electron chi connectivity index (χ0n) is 12.4. The molecule has 0 radical (unpaired) electrons. The molecule has 0 atom stereocenters. The summed E-state index contributed by atoms with van der Waals surface area (Å²) in [5.74, 6) is -0.0287. The van der Waals surface area contributed by atoms with Crippen LogP contribution in [0.4, 0.5) is 5.69 Å². The summed E-state index contributed by atoms with van der Waals surface area (Å²) in [6.07, 6.45) is 6.11. The summed E-state index contributed by atoms with van der Waals surface area (Å²) < 4.78 is 2.88. The van der Waals surface area contributed by atoms with Gasteiger partial charge in [0.1, 0.15) is 0 Å². The minimum absolute atomic E-state index is 0.0287. The van der Waals surface area contributed by atoms with Crippen LogP contribution in [-0.2, 0) is 17.8 Å². The fraction of sp³-hybridized carbons (Fsp3) is 0.294. The summed E-state index contributed by atoms with van der Waals surface area (Å²) in [4.78, 5) is 12.0. The molecular formula is C17H20BrN2O+. The van der Waals surface area contributed by atoms with E-state index in [0.29, 0.717) is 6.54 Å². The summed E-state index contributed by atoms with van der Waals surface area (Å²) in [5, 5.41) is 2.91. The second-order valence-electron chi connectivity index (χ2n) is 5.14. The first kappa shape index (κ1) is 15.7. The van der Waals surface area contributed by atoms with Gasteiger partial charge in [-0.3, -0.25) is 4.79 Å². The number of hydrogen-bond acceptors (Lipinski definition) is 1. The molecule has 0 saturated heterocycles. The largest absolute Gasteiger partial charge is 0.321 e. The SMILES string of the molecule is CCCc1cc[n+](CC(=O)Nc2ccc(C)c(Br)c2)cc1. The molecule has 0 aliphatic rings. The Bertz CT molecular complexity index is 623. The standard InChI is InChI=1S/C17H19BrN2O/c1-3-4-14-7-9-20(10-8-14)12-17(21)19-15-6-5-13(2)16(18)11-15/h5-11H,3-4,12H2,1-2H3/p+1. The zero-order chi connectivity index (χ0) is 15.2. The highest BCUT2D eigenvalue weighted by Crippen LogP contribution is 2.20. The Kier molecular flexibility index (Phi) is 5.51. The average Bonchev–Trinajstić information content (AvgIpc) is 2.45. The number of carbonyl (C=O) groups excluding carboxylic acids is 1. The summed E-state index contributed by atoms with van der Waals surface area (Å²) in [5.41, 5.74) is 3.26. The maximum Gasteiger partial charge on any atom is 0.290 e. The number of halogens is 1. The molecule has 1 aromatic heterocycles. The minimum Gasteiger partial charge on any atom is -0.321 e. The topological polar surface area (TPSA) is 33.0 Å². The van der Waals surface area contributed by atoms with Crippen molar-refractivity contribution in [2.24, 2.45) is 0 Å². The van der Waals surface area contributed by atoms with Gasteiger partial charge in [0.05, 0.1) is 0 Å². The normalized spacial score (nSPS) is 10.4. The van der Waals surface area contributed by atoms with Crippen molar-refractivity contribution in [2.75, 3.05) is 5.32 Å². The van der Waals surface area contributed by atoms with Gasteiger partial charge in [-0.05, 0) is 36.6 Å². The van der Waals surface area contributed by atoms with Crippen LogP contribution < -0.4 is 9.88 Å². The molecule has 3 nitrogen and oxygen atoms in total. The molecule has 0 aliphatic heterocycles. The molecule has 1 N–H and O–H groups in total. The van der Waals surface area contributed by atoms with Crippen molar-refractivity contribution in [3.8, 4) is 0 Å². The average molecular weight is 348 g/mol. The minimum atomic E-state index is -0.0287. The number of rotatable bonds is 5. The Labute approximate surface area is 134 Å². The summed E-state index contributed by atoms with van der Waals surface area (Å²) in [7, 11) is 0. The van der Waals surface area contributed by atoms with E-state index in [0.717, 1.165) is 28.6 Å². The quantitative estimate of drug-likeness (QED) is 0.823. The zero-order valence-corrected chi connectivity index (χ0v) is 14.0. The van der Waals surface area contributed by atoms with Gasteiger partial charge in [-0.15, -0.1) is 0 Å². The van der Waals surface area contributed by atoms with Crippen LogP contribution in [-0.4, -0.2) is 5.91 Å². The molecule has 21 heavy (non-hydrogen) atoms. The molecular weight excluding hydrogens is 328 g/mol. The third kappa shape index (κ3) is 4.67. The van der Waals surface area contributed by atoms with Crippen LogP contribution in [0.15, 0.2) is 47.2 Å². The van der Waals surface area contributed by atoms with Crippen LogP contribution in [0.3, 0.4) is 0 Å². The fourth-order valence-electron chi connectivity index (χ4n) is 2.09. The van der Waals surface area contributed by atoms with Crippen molar-refractivity contribution in [1.82, 2.24) is 0 Å². The van der Waals surface area contributed by atoms with E-state index >= 15 is 0 Å². The first-order valence-electron chi connectivity index (χ1n) is 7.12. The third-order valence-corrected chi connectivity index (χ3v) is 4.13. The van der Waals surface area contributed by atoms with Crippen molar-refractivity contribution in [2.45, 2.75) is 33.2 Å². The number of benzene rings is 1. The van der Waals surface area contributed by atoms with Gasteiger partial charge in [0, 0.05) is 22.3 Å². The molecule has 2 aromatic rings. The van der Waals surface area contributed by atoms with Crippen LogP contribution in [0.2, 0.25) is 0 Å². The molecule has 0 spiro atoms. The van der Waals surface area contributed by atoms with Crippen LogP contribution in [0.25, 0.3) is 0 Å². The molecule has 0 saturated carbocycles. The predicted molar refractivity (Wildman–Crippen MR) is 88.1 cm³/mol. The van der Waals surface area contributed by atoms with Gasteiger partial charge in [-0.25, -0.2) is 0 Å². The van der Waals surface area contributed by atoms with Gasteiger partial charge in [-0.2, -0.15) is 4.57 Å². The first-order valence-corrected chi connectivity index (χ1v) is 7.91. The number of carbonyl (C=O) groups is 1. The van der Waals surface area contributed by atoms with Crippen molar-refractivity contribution in [3.05, 3.63) is 58.3 Å². The second kappa shape index (κ2) is 7.36. The van der Waals surface area contributed by atoms with Crippen LogP contribution >= 0.6 is 15.9 Å². The Morgan fingerprint density at radius 3 is 2.57 bits per heavy atom. The molecule has 4 heteroatoms. The molecule has 0 aliphatic carbocycles. The Hall–Kier alpha value is -1.68. The van der Waals surface area contributed by atoms with Crippen LogP contribution in [0, 0.1) is 6.92 Å². The van der Waals surface area contributed by atoms with E-state index in [2.05, 4.69) is 40.3 Å². The van der Waals surface area contributed by atoms with E-state index in [1.807, 2.05) is 42.1 Å². The van der Waals surface area contributed by atoms with E-state index in [-0.39, 0.29) is 5.91 Å². The Balaban J connectivity index is 1.96. The lowest BCUT2D eigenvalue weighted by Crippen LogP contribution is -2.39. The van der Waals surface area contributed by atoms with Crippen LogP contribution in [0.1, 0.15) is 24.5 Å². The molecule has 1 amide bonds. The fourth-order valence-corrected chi connectivity index (χ4v) is 2.46. The molecule has 1 aromatic carbocycles. The molecule has 110 valence electrons. The highest BCUT2D eigenvalue weighted by Gasteiger charge is 2.10. The maximum absolute atomic E-state index is 12.0. The van der Waals surface area contributed by atoms with Gasteiger partial charge in [0.2, 0.25) is 6.54 Å². The number of aryl methyl sites for hydroxylation is 2. The summed E-state index contributed by atoms with van der Waals surface area (Å²) >= 11 is 3.47. The van der Waals surface area contributed by atoms with Crippen molar-refractivity contribution in [3.63, 3.8) is 0 Å². The van der Waals surface area contributed by atoms with Gasteiger partial charge in [0.15, 0.2) is 12.4 Å². The predicted octanol–water partition coefficient (Wildman–Crippen LogP) is 3.64. The Morgan fingerprint density at radius 2 is 1.95 bits per heavy atom. The lowest BCUT2D eigenvalue weighted by atomic mass is 10.1. The van der Waals surface area contributed by atoms with Gasteiger partial charge in [-0.1, -0.05) is 35.3 Å². The number of nitrogens with one attached hydrogen (secondary N) is 1. The molecule has 0 bridgehead atoms. The monoisotopic (exact) mass is 347 g/mol. The second-order valence-corrected chi connectivity index (χ2v) is 6.00. The maximum atomic E-state index is 12.0. The molecule has 1 heterocycles. The lowest BCUT2D eigenvalue weighted by molar-refractivity contribution is -0.684. The number of aromatic nitrogens is 1. The van der Waals surface area contributed by atoms with Gasteiger partial charge >= 0.3 is 0 Å². The number of nitrogens with zero attached hydrogens (tertiary/aromatic N) is 1. The van der Waals surface area contributed by atoms with E-state index in [1.54, 1.807) is 0 Å². The lowest BCUT2D eigenvalue weighted by Gasteiger charge is -2.05. The molecule has 0 fully saturated rings. The van der Waals surface area contributed by atoms with Gasteiger partial charge < -0.3 is 5.32 Å². The molecule has 2 rings (SSSR count). The number of anilines is 1. The van der Waals surface area contributed by atoms with Gasteiger partial charge in [0.25, 0.3) is 5.91 Å². The van der Waals surface area contributed by atoms with E-state index in [1.165, 1.54) is 5.56 Å². The number of pyridine rings is 1. The van der Waals surface area contributed by atoms with E-state index < -0.39 is 0 Å². The van der Waals surface area contributed by atoms with Crippen LogP contribution in [0.5, 0.6) is 0 Å². The third-order valence-electron chi connectivity index (χ3n) is 3.28. The van der Waals surface area contributed by atoms with Crippen molar-refractivity contribution >= 4 is 27.5 Å². The number of hydrogen-bond donors (Lipinski definition) is 1. The van der Waals surface area contributed by atoms with E-state index in [9.17, 15) is 4.79 Å². The van der Waals surface area contributed by atoms with Crippen molar-refractivity contribution in [1.29, 1.82) is 0 Å². The highest BCUT2D eigenvalue weighted by molar-refractivity contribution is 9.10. The van der Waals surface area contributed by atoms with E-state index in [4.69, 9.17) is 0 Å².